The monoisotopic (exact) mass is 474 g/mol. The van der Waals surface area contributed by atoms with Crippen molar-refractivity contribution in [1.82, 2.24) is 14.8 Å². The molecule has 0 unspecified atom stereocenters. The second-order valence-electron chi connectivity index (χ2n) is 8.32. The van der Waals surface area contributed by atoms with Crippen molar-refractivity contribution in [3.63, 3.8) is 0 Å². The van der Waals surface area contributed by atoms with Crippen molar-refractivity contribution in [3.05, 3.63) is 84.1 Å². The van der Waals surface area contributed by atoms with E-state index in [1.54, 1.807) is 30.5 Å². The van der Waals surface area contributed by atoms with E-state index in [4.69, 9.17) is 4.42 Å². The molecule has 0 saturated heterocycles. The van der Waals surface area contributed by atoms with E-state index >= 15 is 0 Å². The molecule has 34 heavy (non-hydrogen) atoms. The average molecular weight is 475 g/mol. The fourth-order valence-electron chi connectivity index (χ4n) is 3.52. The smallest absolute Gasteiger partial charge is 0.242 e. The number of furan rings is 1. The van der Waals surface area contributed by atoms with Crippen molar-refractivity contribution in [1.29, 1.82) is 0 Å². The molecular weight excluding hydrogens is 448 g/mol. The van der Waals surface area contributed by atoms with Crippen LogP contribution in [0.25, 0.3) is 11.6 Å². The minimum Gasteiger partial charge on any atom is -0.461 e. The van der Waals surface area contributed by atoms with Crippen molar-refractivity contribution in [3.8, 4) is 11.6 Å². The van der Waals surface area contributed by atoms with Gasteiger partial charge in [-0.05, 0) is 42.7 Å². The number of benzene rings is 2. The summed E-state index contributed by atoms with van der Waals surface area (Å²) in [6.45, 7) is 6.41. The Hall–Kier alpha value is -3.65. The van der Waals surface area contributed by atoms with E-state index in [1.165, 1.54) is 18.7 Å². The van der Waals surface area contributed by atoms with E-state index in [-0.39, 0.29) is 11.7 Å². The fraction of sp³-hybridized carbons (Fsp3) is 0.231. The molecule has 0 bridgehead atoms. The molecular formula is C26H26N4O3S. The number of anilines is 1. The lowest BCUT2D eigenvalue weighted by Crippen LogP contribution is -2.20. The third kappa shape index (κ3) is 5.46. The number of aromatic nitrogens is 3. The Bertz CT molecular complexity index is 1270. The molecule has 4 rings (SSSR count). The summed E-state index contributed by atoms with van der Waals surface area (Å²) in [4.78, 5) is 25.2. The van der Waals surface area contributed by atoms with Crippen molar-refractivity contribution in [2.45, 2.75) is 37.7 Å². The van der Waals surface area contributed by atoms with E-state index in [1.807, 2.05) is 47.0 Å². The van der Waals surface area contributed by atoms with Crippen LogP contribution in [0.1, 0.15) is 41.9 Å². The second kappa shape index (κ2) is 10.5. The zero-order valence-corrected chi connectivity index (χ0v) is 20.1. The number of hydrogen-bond acceptors (Lipinski definition) is 6. The normalized spacial score (nSPS) is 12.0. The van der Waals surface area contributed by atoms with E-state index in [0.29, 0.717) is 40.5 Å². The summed E-state index contributed by atoms with van der Waals surface area (Å²) in [7, 11) is 0. The number of carbonyl (C=O) groups is 2. The van der Waals surface area contributed by atoms with Crippen LogP contribution in [0.15, 0.2) is 82.6 Å². The summed E-state index contributed by atoms with van der Waals surface area (Å²) >= 11 is 1.34. The molecule has 174 valence electrons. The number of ketones is 1. The van der Waals surface area contributed by atoms with Gasteiger partial charge in [-0.3, -0.25) is 14.2 Å². The Morgan fingerprint density at radius 3 is 2.50 bits per heavy atom. The summed E-state index contributed by atoms with van der Waals surface area (Å²) in [5.74, 6) is 1.32. The molecule has 8 heteroatoms. The number of rotatable bonds is 9. The van der Waals surface area contributed by atoms with Gasteiger partial charge in [-0.1, -0.05) is 68.1 Å². The van der Waals surface area contributed by atoms with Gasteiger partial charge in [0.25, 0.3) is 0 Å². The summed E-state index contributed by atoms with van der Waals surface area (Å²) < 4.78 is 7.56. The van der Waals surface area contributed by atoms with Gasteiger partial charge in [0.2, 0.25) is 5.91 Å². The summed E-state index contributed by atoms with van der Waals surface area (Å²) in [5, 5.41) is 11.8. The van der Waals surface area contributed by atoms with Crippen LogP contribution in [-0.2, 0) is 11.3 Å². The fourth-order valence-corrected chi connectivity index (χ4v) is 4.57. The number of nitrogens with zero attached hydrogens (tertiary/aromatic N) is 3. The van der Waals surface area contributed by atoms with Crippen molar-refractivity contribution >= 4 is 29.1 Å². The highest BCUT2D eigenvalue weighted by atomic mass is 32.2. The lowest BCUT2D eigenvalue weighted by Gasteiger charge is -2.18. The third-order valence-electron chi connectivity index (χ3n) is 5.11. The standard InChI is InChI=1S/C26H26N4O3S/c1-17(2)16-30-24(22-13-8-14-33-22)28-29-26(30)34-23(19-9-5-4-6-10-19)25(32)27-21-12-7-11-20(15-21)18(3)31/h4-15,17,23H,16H2,1-3H3,(H,27,32)/t23-/m0/s1. The first-order valence-electron chi connectivity index (χ1n) is 11.0. The molecule has 4 aromatic rings. The summed E-state index contributed by atoms with van der Waals surface area (Å²) in [6.07, 6.45) is 1.60. The number of Topliss-reactive ketones (excluding diaryl/α,β-unsaturated/α-hetero) is 1. The van der Waals surface area contributed by atoms with Gasteiger partial charge in [-0.25, -0.2) is 0 Å². The first-order chi connectivity index (χ1) is 16.4. The maximum absolute atomic E-state index is 13.5. The number of carbonyl (C=O) groups excluding carboxylic acids is 2. The SMILES string of the molecule is CC(=O)c1cccc(NC(=O)[C@@H](Sc2nnc(-c3ccco3)n2CC(C)C)c2ccccc2)c1. The molecule has 2 aromatic carbocycles. The molecule has 1 amide bonds. The van der Waals surface area contributed by atoms with Crippen LogP contribution < -0.4 is 5.32 Å². The first kappa shape index (κ1) is 23.5. The Labute approximate surface area is 202 Å². The number of hydrogen-bond donors (Lipinski definition) is 1. The zero-order chi connectivity index (χ0) is 24.1. The minimum absolute atomic E-state index is 0.0580. The zero-order valence-electron chi connectivity index (χ0n) is 19.3. The van der Waals surface area contributed by atoms with Crippen molar-refractivity contribution in [2.24, 2.45) is 5.92 Å². The van der Waals surface area contributed by atoms with E-state index in [9.17, 15) is 9.59 Å². The quantitative estimate of drug-likeness (QED) is 0.241. The van der Waals surface area contributed by atoms with Gasteiger partial charge in [-0.15, -0.1) is 10.2 Å². The lowest BCUT2D eigenvalue weighted by molar-refractivity contribution is -0.115. The van der Waals surface area contributed by atoms with Crippen LogP contribution in [0, 0.1) is 5.92 Å². The molecule has 1 N–H and O–H groups in total. The Kier molecular flexibility index (Phi) is 7.27. The topological polar surface area (TPSA) is 90.0 Å². The molecule has 0 fully saturated rings. The highest BCUT2D eigenvalue weighted by Crippen LogP contribution is 2.37. The average Bonchev–Trinajstić information content (AvgIpc) is 3.48. The van der Waals surface area contributed by atoms with E-state index in [2.05, 4.69) is 29.4 Å². The van der Waals surface area contributed by atoms with Gasteiger partial charge >= 0.3 is 0 Å². The molecule has 0 aliphatic carbocycles. The molecule has 0 radical (unpaired) electrons. The largest absolute Gasteiger partial charge is 0.461 e. The Balaban J connectivity index is 1.67. The lowest BCUT2D eigenvalue weighted by atomic mass is 10.1. The van der Waals surface area contributed by atoms with Crippen LogP contribution in [0.4, 0.5) is 5.69 Å². The Morgan fingerprint density at radius 2 is 1.82 bits per heavy atom. The number of nitrogens with one attached hydrogen (secondary N) is 1. The highest BCUT2D eigenvalue weighted by molar-refractivity contribution is 8.00. The molecule has 2 aromatic heterocycles. The van der Waals surface area contributed by atoms with Crippen LogP contribution in [0.2, 0.25) is 0 Å². The Morgan fingerprint density at radius 1 is 1.03 bits per heavy atom. The molecule has 1 atom stereocenters. The number of amides is 1. The van der Waals surface area contributed by atoms with Crippen LogP contribution in [0.3, 0.4) is 0 Å². The maximum atomic E-state index is 13.5. The summed E-state index contributed by atoms with van der Waals surface area (Å²) in [5.41, 5.74) is 1.95. The van der Waals surface area contributed by atoms with Gasteiger partial charge in [0.15, 0.2) is 22.5 Å². The molecule has 0 aliphatic heterocycles. The van der Waals surface area contributed by atoms with Crippen LogP contribution in [0.5, 0.6) is 0 Å². The minimum atomic E-state index is -0.582. The van der Waals surface area contributed by atoms with Crippen LogP contribution >= 0.6 is 11.8 Å². The predicted molar refractivity (Wildman–Crippen MR) is 133 cm³/mol. The van der Waals surface area contributed by atoms with Crippen LogP contribution in [-0.4, -0.2) is 26.5 Å². The van der Waals surface area contributed by atoms with Crippen molar-refractivity contribution < 1.29 is 14.0 Å². The third-order valence-corrected chi connectivity index (χ3v) is 6.34. The molecule has 0 saturated carbocycles. The van der Waals surface area contributed by atoms with E-state index < -0.39 is 5.25 Å². The molecule has 7 nitrogen and oxygen atoms in total. The molecule has 0 aliphatic rings. The number of thioether (sulfide) groups is 1. The molecule has 0 spiro atoms. The van der Waals surface area contributed by atoms with Gasteiger partial charge < -0.3 is 9.73 Å². The van der Waals surface area contributed by atoms with Gasteiger partial charge in [-0.2, -0.15) is 0 Å². The van der Waals surface area contributed by atoms with Gasteiger partial charge in [0.1, 0.15) is 5.25 Å². The first-order valence-corrected chi connectivity index (χ1v) is 11.9. The van der Waals surface area contributed by atoms with Gasteiger partial charge in [0, 0.05) is 17.8 Å². The summed E-state index contributed by atoms with van der Waals surface area (Å²) in [6, 6.07) is 20.1. The van der Waals surface area contributed by atoms with Crippen molar-refractivity contribution in [2.75, 3.05) is 5.32 Å². The predicted octanol–water partition coefficient (Wildman–Crippen LogP) is 5.87. The molecule has 2 heterocycles. The maximum Gasteiger partial charge on any atom is 0.242 e. The van der Waals surface area contributed by atoms with Gasteiger partial charge in [0.05, 0.1) is 6.26 Å². The second-order valence-corrected chi connectivity index (χ2v) is 9.40. The van der Waals surface area contributed by atoms with E-state index in [0.717, 1.165) is 5.56 Å². The highest BCUT2D eigenvalue weighted by Gasteiger charge is 2.27.